The van der Waals surface area contributed by atoms with E-state index in [0.717, 1.165) is 22.3 Å². The topological polar surface area (TPSA) is 18.5 Å². The molecule has 0 aromatic heterocycles. The second kappa shape index (κ2) is 9.20. The van der Waals surface area contributed by atoms with Crippen LogP contribution in [0.3, 0.4) is 0 Å². The molecule has 2 nitrogen and oxygen atoms in total. The van der Waals surface area contributed by atoms with Crippen molar-refractivity contribution in [1.82, 2.24) is 0 Å². The van der Waals surface area contributed by atoms with E-state index >= 15 is 0 Å². The molecule has 4 aromatic rings. The van der Waals surface area contributed by atoms with Crippen LogP contribution in [0.2, 0.25) is 0 Å². The summed E-state index contributed by atoms with van der Waals surface area (Å²) in [6.07, 6.45) is 0. The molecule has 0 radical (unpaired) electrons. The summed E-state index contributed by atoms with van der Waals surface area (Å²) in [6, 6.07) is 30.4. The van der Waals surface area contributed by atoms with Gasteiger partial charge in [-0.15, -0.1) is 70.1 Å². The zero-order valence-corrected chi connectivity index (χ0v) is 17.4. The summed E-state index contributed by atoms with van der Waals surface area (Å²) in [6.45, 7) is 0. The maximum absolute atomic E-state index is 5.07. The van der Waals surface area contributed by atoms with E-state index in [9.17, 15) is 0 Å². The number of hydrogen-bond donors (Lipinski definition) is 0. The van der Waals surface area contributed by atoms with Crippen molar-refractivity contribution in [3.63, 3.8) is 0 Å². The third-order valence-electron chi connectivity index (χ3n) is 3.71. The molecule has 0 bridgehead atoms. The summed E-state index contributed by atoms with van der Waals surface area (Å²) in [5, 5.41) is 4.57. The predicted molar refractivity (Wildman–Crippen MR) is 98.7 cm³/mol. The molecular formula is C22H18O2Zn. The molecule has 0 spiro atoms. The number of methoxy groups -OCH3 is 2. The fourth-order valence-electron chi connectivity index (χ4n) is 2.43. The van der Waals surface area contributed by atoms with Crippen molar-refractivity contribution in [2.75, 3.05) is 14.2 Å². The number of ether oxygens (including phenoxy) is 2. The largest absolute Gasteiger partial charge is 2.00 e. The van der Waals surface area contributed by atoms with Crippen LogP contribution in [0.25, 0.3) is 21.5 Å². The van der Waals surface area contributed by atoms with Crippen molar-refractivity contribution < 1.29 is 29.0 Å². The third kappa shape index (κ3) is 4.81. The van der Waals surface area contributed by atoms with Crippen LogP contribution < -0.4 is 9.47 Å². The quantitative estimate of drug-likeness (QED) is 0.348. The molecule has 0 N–H and O–H groups in total. The first kappa shape index (κ1) is 19.0. The standard InChI is InChI=1S/2C11H9O.Zn/c2*1-12-11-7-6-9-4-2-3-5-10(9)8-11;/h2*2-7H,1H3;/q2*-1;+2. The Labute approximate surface area is 161 Å². The summed E-state index contributed by atoms with van der Waals surface area (Å²) in [5.41, 5.74) is 0. The van der Waals surface area contributed by atoms with E-state index in [4.69, 9.17) is 9.47 Å². The van der Waals surface area contributed by atoms with Gasteiger partial charge in [-0.1, -0.05) is 36.4 Å². The second-order valence-corrected chi connectivity index (χ2v) is 5.23. The molecule has 4 aromatic carbocycles. The SMILES string of the molecule is COc1[c-]c2ccccc2cc1.COc1[c-]c2ccccc2cc1.[Zn+2]. The fraction of sp³-hybridized carbons (Fsp3) is 0.0909. The maximum atomic E-state index is 5.07. The van der Waals surface area contributed by atoms with E-state index in [0.29, 0.717) is 0 Å². The summed E-state index contributed by atoms with van der Waals surface area (Å²) in [5.74, 6) is 1.57. The van der Waals surface area contributed by atoms with Crippen LogP contribution in [0.1, 0.15) is 0 Å². The Balaban J connectivity index is 0.000000173. The van der Waals surface area contributed by atoms with Gasteiger partial charge in [0.05, 0.1) is 14.2 Å². The molecule has 0 saturated carbocycles. The van der Waals surface area contributed by atoms with Crippen molar-refractivity contribution in [3.05, 3.63) is 84.9 Å². The van der Waals surface area contributed by atoms with E-state index in [-0.39, 0.29) is 19.5 Å². The summed E-state index contributed by atoms with van der Waals surface area (Å²) >= 11 is 0. The minimum Gasteiger partial charge on any atom is -0.516 e. The molecule has 4 rings (SSSR count). The number of rotatable bonds is 2. The zero-order valence-electron chi connectivity index (χ0n) is 14.5. The van der Waals surface area contributed by atoms with Crippen LogP contribution in [0.15, 0.2) is 72.8 Å². The summed E-state index contributed by atoms with van der Waals surface area (Å²) in [7, 11) is 3.31. The average Bonchev–Trinajstić information content (AvgIpc) is 2.67. The van der Waals surface area contributed by atoms with Crippen LogP contribution in [-0.4, -0.2) is 14.2 Å². The van der Waals surface area contributed by atoms with Gasteiger partial charge in [-0.25, -0.2) is 0 Å². The van der Waals surface area contributed by atoms with Crippen LogP contribution >= 0.6 is 0 Å². The number of fused-ring (bicyclic) bond motifs is 2. The van der Waals surface area contributed by atoms with E-state index in [2.05, 4.69) is 24.3 Å². The van der Waals surface area contributed by atoms with Gasteiger partial charge in [-0.3, -0.25) is 0 Å². The van der Waals surface area contributed by atoms with Crippen LogP contribution in [-0.2, 0) is 19.5 Å². The first-order valence-electron chi connectivity index (χ1n) is 7.70. The molecule has 0 fully saturated rings. The Kier molecular flexibility index (Phi) is 6.97. The summed E-state index contributed by atoms with van der Waals surface area (Å²) in [4.78, 5) is 0. The molecule has 120 valence electrons. The van der Waals surface area contributed by atoms with Crippen molar-refractivity contribution in [1.29, 1.82) is 0 Å². The van der Waals surface area contributed by atoms with Crippen LogP contribution in [0, 0.1) is 12.1 Å². The van der Waals surface area contributed by atoms with Gasteiger partial charge in [-0.05, 0) is 0 Å². The van der Waals surface area contributed by atoms with Crippen molar-refractivity contribution in [2.24, 2.45) is 0 Å². The molecule has 0 atom stereocenters. The molecule has 0 heterocycles. The van der Waals surface area contributed by atoms with Gasteiger partial charge < -0.3 is 9.47 Å². The number of hydrogen-bond acceptors (Lipinski definition) is 2. The Bertz CT molecular complexity index is 871. The normalized spacial score (nSPS) is 9.68. The Morgan fingerprint density at radius 2 is 0.960 bits per heavy atom. The minimum absolute atomic E-state index is 0. The molecule has 0 aliphatic rings. The monoisotopic (exact) mass is 378 g/mol. The van der Waals surface area contributed by atoms with Crippen LogP contribution in [0.5, 0.6) is 11.5 Å². The van der Waals surface area contributed by atoms with Gasteiger partial charge in [0.1, 0.15) is 0 Å². The molecule has 0 aliphatic carbocycles. The van der Waals surface area contributed by atoms with Gasteiger partial charge in [0.2, 0.25) is 0 Å². The Morgan fingerprint density at radius 3 is 1.36 bits per heavy atom. The average molecular weight is 380 g/mol. The smallest absolute Gasteiger partial charge is 0.516 e. The fourth-order valence-corrected chi connectivity index (χ4v) is 2.43. The Hall–Kier alpha value is -2.38. The Morgan fingerprint density at radius 1 is 0.560 bits per heavy atom. The van der Waals surface area contributed by atoms with E-state index < -0.39 is 0 Å². The van der Waals surface area contributed by atoms with E-state index in [1.807, 2.05) is 60.7 Å². The molecule has 3 heteroatoms. The molecule has 25 heavy (non-hydrogen) atoms. The van der Waals surface area contributed by atoms with Gasteiger partial charge in [0.15, 0.2) is 0 Å². The van der Waals surface area contributed by atoms with Gasteiger partial charge in [0, 0.05) is 11.5 Å². The third-order valence-corrected chi connectivity index (χ3v) is 3.71. The number of benzene rings is 4. The molecule has 0 saturated heterocycles. The van der Waals surface area contributed by atoms with Gasteiger partial charge in [0.25, 0.3) is 0 Å². The molecular weight excluding hydrogens is 362 g/mol. The summed E-state index contributed by atoms with van der Waals surface area (Å²) < 4.78 is 10.1. The van der Waals surface area contributed by atoms with Crippen molar-refractivity contribution in [3.8, 4) is 11.5 Å². The first-order chi connectivity index (χ1) is 11.8. The second-order valence-electron chi connectivity index (χ2n) is 5.23. The minimum atomic E-state index is 0. The van der Waals surface area contributed by atoms with E-state index in [1.54, 1.807) is 14.2 Å². The van der Waals surface area contributed by atoms with Crippen LogP contribution in [0.4, 0.5) is 0 Å². The molecule has 0 aliphatic heterocycles. The van der Waals surface area contributed by atoms with Gasteiger partial charge in [-0.2, -0.15) is 0 Å². The maximum Gasteiger partial charge on any atom is 2.00 e. The zero-order chi connectivity index (χ0) is 16.8. The van der Waals surface area contributed by atoms with Crippen molar-refractivity contribution >= 4 is 21.5 Å². The first-order valence-corrected chi connectivity index (χ1v) is 7.70. The van der Waals surface area contributed by atoms with Gasteiger partial charge >= 0.3 is 19.5 Å². The van der Waals surface area contributed by atoms with E-state index in [1.165, 1.54) is 10.8 Å². The molecule has 0 unspecified atom stereocenters. The predicted octanol–water partition coefficient (Wildman–Crippen LogP) is 5.29. The molecule has 0 amide bonds. The van der Waals surface area contributed by atoms with Crippen molar-refractivity contribution in [2.45, 2.75) is 0 Å².